The highest BCUT2D eigenvalue weighted by molar-refractivity contribution is 4.95. The molecule has 3 heteroatoms. The van der Waals surface area contributed by atoms with E-state index in [1.807, 2.05) is 0 Å². The van der Waals surface area contributed by atoms with Gasteiger partial charge < -0.3 is 10.1 Å². The van der Waals surface area contributed by atoms with Crippen molar-refractivity contribution in [2.24, 2.45) is 5.92 Å². The first-order chi connectivity index (χ1) is 9.36. The lowest BCUT2D eigenvalue weighted by Gasteiger charge is -2.42. The molecule has 0 radical (unpaired) electrons. The fourth-order valence-electron chi connectivity index (χ4n) is 3.81. The van der Waals surface area contributed by atoms with Crippen LogP contribution in [0, 0.1) is 5.92 Å². The zero-order valence-corrected chi connectivity index (χ0v) is 12.4. The van der Waals surface area contributed by atoms with Gasteiger partial charge in [-0.3, -0.25) is 4.90 Å². The van der Waals surface area contributed by atoms with Crippen LogP contribution in [-0.2, 0) is 4.74 Å². The van der Waals surface area contributed by atoms with Gasteiger partial charge in [-0.2, -0.15) is 0 Å². The Labute approximate surface area is 118 Å². The number of hydrogen-bond acceptors (Lipinski definition) is 3. The summed E-state index contributed by atoms with van der Waals surface area (Å²) in [5.74, 6) is 0.971. The number of piperazine rings is 1. The summed E-state index contributed by atoms with van der Waals surface area (Å²) in [6.45, 7) is 6.92. The summed E-state index contributed by atoms with van der Waals surface area (Å²) in [7, 11) is 0. The number of rotatable bonds is 5. The van der Waals surface area contributed by atoms with Crippen LogP contribution in [0.3, 0.4) is 0 Å². The summed E-state index contributed by atoms with van der Waals surface area (Å²) in [5.41, 5.74) is 0. The molecule has 0 aromatic carbocycles. The summed E-state index contributed by atoms with van der Waals surface area (Å²) < 4.78 is 5.96. The molecule has 0 bridgehead atoms. The highest BCUT2D eigenvalue weighted by Crippen LogP contribution is 2.36. The van der Waals surface area contributed by atoms with Gasteiger partial charge in [-0.1, -0.05) is 13.3 Å². The quantitative estimate of drug-likeness (QED) is 0.827. The van der Waals surface area contributed by atoms with Crippen molar-refractivity contribution in [3.05, 3.63) is 0 Å². The third-order valence-electron chi connectivity index (χ3n) is 5.06. The van der Waals surface area contributed by atoms with Crippen LogP contribution < -0.4 is 5.32 Å². The molecule has 0 amide bonds. The predicted octanol–water partition coefficient (Wildman–Crippen LogP) is 2.41. The Balaban J connectivity index is 1.56. The second-order valence-corrected chi connectivity index (χ2v) is 6.74. The maximum Gasteiger partial charge on any atom is 0.0702 e. The van der Waals surface area contributed by atoms with E-state index in [0.29, 0.717) is 12.1 Å². The second-order valence-electron chi connectivity index (χ2n) is 6.74. The molecule has 2 heterocycles. The molecule has 3 unspecified atom stereocenters. The molecule has 3 aliphatic rings. The minimum Gasteiger partial charge on any atom is -0.377 e. The molecule has 0 aromatic heterocycles. The molecule has 110 valence electrons. The van der Waals surface area contributed by atoms with Gasteiger partial charge in [-0.15, -0.1) is 0 Å². The lowest BCUT2D eigenvalue weighted by atomic mass is 10.00. The van der Waals surface area contributed by atoms with Crippen molar-refractivity contribution >= 4 is 0 Å². The molecule has 3 fully saturated rings. The van der Waals surface area contributed by atoms with Crippen LogP contribution in [0.1, 0.15) is 51.9 Å². The van der Waals surface area contributed by atoms with Crippen molar-refractivity contribution in [2.75, 3.05) is 26.2 Å². The van der Waals surface area contributed by atoms with Gasteiger partial charge in [-0.05, 0) is 44.4 Å². The maximum absolute atomic E-state index is 5.96. The molecular formula is C16H30N2O. The fraction of sp³-hybridized carbons (Fsp3) is 1.00. The number of hydrogen-bond donors (Lipinski definition) is 1. The van der Waals surface area contributed by atoms with Gasteiger partial charge in [0, 0.05) is 38.3 Å². The van der Waals surface area contributed by atoms with Crippen molar-refractivity contribution in [2.45, 2.75) is 70.1 Å². The first kappa shape index (κ1) is 13.8. The largest absolute Gasteiger partial charge is 0.377 e. The van der Waals surface area contributed by atoms with Gasteiger partial charge in [0.2, 0.25) is 0 Å². The predicted molar refractivity (Wildman–Crippen MR) is 78.4 cm³/mol. The SMILES string of the molecule is CCCC1CN(CC2CCCCO2)C(C2CC2)CN1. The van der Waals surface area contributed by atoms with E-state index in [9.17, 15) is 0 Å². The monoisotopic (exact) mass is 266 g/mol. The smallest absolute Gasteiger partial charge is 0.0702 e. The molecule has 1 aliphatic carbocycles. The summed E-state index contributed by atoms with van der Waals surface area (Å²) in [6, 6.07) is 1.50. The normalized spacial score (nSPS) is 37.4. The average molecular weight is 266 g/mol. The van der Waals surface area contributed by atoms with Crippen LogP contribution in [0.25, 0.3) is 0 Å². The fourth-order valence-corrected chi connectivity index (χ4v) is 3.81. The van der Waals surface area contributed by atoms with Crippen LogP contribution in [-0.4, -0.2) is 49.3 Å². The molecule has 2 saturated heterocycles. The highest BCUT2D eigenvalue weighted by Gasteiger charge is 2.39. The Morgan fingerprint density at radius 2 is 2.11 bits per heavy atom. The summed E-state index contributed by atoms with van der Waals surface area (Å²) in [5, 5.41) is 3.78. The van der Waals surface area contributed by atoms with Crippen LogP contribution in [0.4, 0.5) is 0 Å². The van der Waals surface area contributed by atoms with Crippen molar-refractivity contribution in [3.8, 4) is 0 Å². The standard InChI is InChI=1S/C16H30N2O/c1-2-5-14-11-18(12-15-6-3-4-9-19-15)16(10-17-14)13-7-8-13/h13-17H,2-12H2,1H3. The molecule has 3 nitrogen and oxygen atoms in total. The minimum atomic E-state index is 0.510. The minimum absolute atomic E-state index is 0.510. The average Bonchev–Trinajstić information content (AvgIpc) is 3.25. The second kappa shape index (κ2) is 6.55. The molecule has 1 saturated carbocycles. The molecular weight excluding hydrogens is 236 g/mol. The van der Waals surface area contributed by atoms with Gasteiger partial charge in [0.05, 0.1) is 6.10 Å². The highest BCUT2D eigenvalue weighted by atomic mass is 16.5. The third kappa shape index (κ3) is 3.71. The molecule has 1 N–H and O–H groups in total. The Morgan fingerprint density at radius 3 is 2.79 bits per heavy atom. The van der Waals surface area contributed by atoms with Gasteiger partial charge >= 0.3 is 0 Å². The molecule has 3 atom stereocenters. The third-order valence-corrected chi connectivity index (χ3v) is 5.06. The van der Waals surface area contributed by atoms with E-state index in [2.05, 4.69) is 17.1 Å². The molecule has 3 rings (SSSR count). The Morgan fingerprint density at radius 1 is 1.21 bits per heavy atom. The van der Waals surface area contributed by atoms with E-state index in [-0.39, 0.29) is 0 Å². The first-order valence-electron chi connectivity index (χ1n) is 8.46. The van der Waals surface area contributed by atoms with E-state index in [4.69, 9.17) is 4.74 Å². The Bertz CT molecular complexity index is 274. The molecule has 0 aromatic rings. The van der Waals surface area contributed by atoms with Crippen LogP contribution in [0.5, 0.6) is 0 Å². The topological polar surface area (TPSA) is 24.5 Å². The zero-order chi connectivity index (χ0) is 13.1. The Kier molecular flexibility index (Phi) is 4.78. The number of ether oxygens (including phenoxy) is 1. The van der Waals surface area contributed by atoms with Crippen molar-refractivity contribution in [3.63, 3.8) is 0 Å². The molecule has 0 spiro atoms. The van der Waals surface area contributed by atoms with E-state index >= 15 is 0 Å². The maximum atomic E-state index is 5.96. The van der Waals surface area contributed by atoms with Gasteiger partial charge in [0.1, 0.15) is 0 Å². The first-order valence-corrected chi connectivity index (χ1v) is 8.46. The van der Waals surface area contributed by atoms with Gasteiger partial charge in [0.25, 0.3) is 0 Å². The summed E-state index contributed by atoms with van der Waals surface area (Å²) in [4.78, 5) is 2.77. The number of nitrogens with one attached hydrogen (secondary N) is 1. The lowest BCUT2D eigenvalue weighted by Crippen LogP contribution is -2.59. The van der Waals surface area contributed by atoms with Crippen molar-refractivity contribution in [1.82, 2.24) is 10.2 Å². The summed E-state index contributed by atoms with van der Waals surface area (Å²) in [6.07, 6.45) is 9.93. The van der Waals surface area contributed by atoms with Crippen molar-refractivity contribution < 1.29 is 4.74 Å². The van der Waals surface area contributed by atoms with Gasteiger partial charge in [0.15, 0.2) is 0 Å². The Hall–Kier alpha value is -0.120. The number of nitrogens with zero attached hydrogens (tertiary/aromatic N) is 1. The van der Waals surface area contributed by atoms with E-state index in [1.54, 1.807) is 0 Å². The van der Waals surface area contributed by atoms with Gasteiger partial charge in [-0.25, -0.2) is 0 Å². The molecule has 2 aliphatic heterocycles. The van der Waals surface area contributed by atoms with Crippen LogP contribution in [0.2, 0.25) is 0 Å². The lowest BCUT2D eigenvalue weighted by molar-refractivity contribution is -0.0242. The summed E-state index contributed by atoms with van der Waals surface area (Å²) >= 11 is 0. The van der Waals surface area contributed by atoms with Crippen molar-refractivity contribution in [1.29, 1.82) is 0 Å². The van der Waals surface area contributed by atoms with Crippen LogP contribution in [0.15, 0.2) is 0 Å². The van der Waals surface area contributed by atoms with Crippen LogP contribution >= 0.6 is 0 Å². The zero-order valence-electron chi connectivity index (χ0n) is 12.4. The molecule has 19 heavy (non-hydrogen) atoms. The van der Waals surface area contributed by atoms with E-state index in [1.165, 1.54) is 64.6 Å². The van der Waals surface area contributed by atoms with E-state index < -0.39 is 0 Å². The van der Waals surface area contributed by atoms with E-state index in [0.717, 1.165) is 18.6 Å².